The van der Waals surface area contributed by atoms with Crippen LogP contribution in [0.2, 0.25) is 5.02 Å². The molecular weight excluding hydrogens is 234 g/mol. The summed E-state index contributed by atoms with van der Waals surface area (Å²) in [6.45, 7) is 6.52. The predicted molar refractivity (Wildman–Crippen MR) is 72.2 cm³/mol. The molecule has 4 heteroatoms. The lowest BCUT2D eigenvalue weighted by Crippen LogP contribution is -2.24. The van der Waals surface area contributed by atoms with Crippen molar-refractivity contribution in [3.05, 3.63) is 10.7 Å². The lowest BCUT2D eigenvalue weighted by molar-refractivity contribution is 0.208. The van der Waals surface area contributed by atoms with Crippen molar-refractivity contribution in [2.45, 2.75) is 52.5 Å². The van der Waals surface area contributed by atoms with Crippen LogP contribution in [0.4, 0.5) is 5.82 Å². The molecule has 3 nitrogen and oxygen atoms in total. The van der Waals surface area contributed by atoms with Crippen molar-refractivity contribution >= 4 is 17.4 Å². The highest BCUT2D eigenvalue weighted by molar-refractivity contribution is 6.33. The van der Waals surface area contributed by atoms with E-state index in [1.54, 1.807) is 0 Å². The number of anilines is 1. The van der Waals surface area contributed by atoms with Gasteiger partial charge in [-0.25, -0.2) is 4.68 Å². The fourth-order valence-electron chi connectivity index (χ4n) is 2.85. The van der Waals surface area contributed by atoms with Crippen LogP contribution in [-0.4, -0.2) is 9.78 Å². The minimum Gasteiger partial charge on any atom is -0.383 e. The van der Waals surface area contributed by atoms with Crippen molar-refractivity contribution in [2.75, 3.05) is 5.73 Å². The third-order valence-electron chi connectivity index (χ3n) is 4.02. The molecule has 2 atom stereocenters. The van der Waals surface area contributed by atoms with Gasteiger partial charge >= 0.3 is 0 Å². The average Bonchev–Trinajstić information content (AvgIpc) is 2.57. The summed E-state index contributed by atoms with van der Waals surface area (Å²) in [5, 5.41) is 5.11. The standard InChI is InChI=1S/C13H22ClN3/c1-8(2)10-5-4-6-11(7-10)17-13(15)12(14)9(3)16-17/h8,10-11H,4-7,15H2,1-3H3. The van der Waals surface area contributed by atoms with Crippen LogP contribution in [0.25, 0.3) is 0 Å². The molecule has 96 valence electrons. The summed E-state index contributed by atoms with van der Waals surface area (Å²) in [7, 11) is 0. The van der Waals surface area contributed by atoms with Gasteiger partial charge in [0, 0.05) is 0 Å². The molecule has 17 heavy (non-hydrogen) atoms. The molecule has 1 fully saturated rings. The first-order valence-corrected chi connectivity index (χ1v) is 6.88. The topological polar surface area (TPSA) is 43.8 Å². The molecule has 0 saturated heterocycles. The average molecular weight is 256 g/mol. The van der Waals surface area contributed by atoms with E-state index < -0.39 is 0 Å². The fraction of sp³-hybridized carbons (Fsp3) is 0.769. The van der Waals surface area contributed by atoms with Crippen LogP contribution < -0.4 is 5.73 Å². The molecule has 2 rings (SSSR count). The Labute approximate surface area is 108 Å². The first-order valence-electron chi connectivity index (χ1n) is 6.50. The van der Waals surface area contributed by atoms with Crippen molar-refractivity contribution in [1.82, 2.24) is 9.78 Å². The molecule has 0 amide bonds. The van der Waals surface area contributed by atoms with Gasteiger partial charge in [-0.1, -0.05) is 38.3 Å². The van der Waals surface area contributed by atoms with Crippen molar-refractivity contribution < 1.29 is 0 Å². The highest BCUT2D eigenvalue weighted by Gasteiger charge is 2.27. The van der Waals surface area contributed by atoms with Gasteiger partial charge in [-0.15, -0.1) is 0 Å². The summed E-state index contributed by atoms with van der Waals surface area (Å²) in [6, 6.07) is 0.433. The first-order chi connectivity index (χ1) is 8.00. The zero-order chi connectivity index (χ0) is 12.6. The molecule has 2 N–H and O–H groups in total. The number of halogens is 1. The second-order valence-electron chi connectivity index (χ2n) is 5.55. The van der Waals surface area contributed by atoms with Gasteiger partial charge in [0.1, 0.15) is 10.8 Å². The van der Waals surface area contributed by atoms with Gasteiger partial charge in [-0.3, -0.25) is 0 Å². The van der Waals surface area contributed by atoms with Crippen LogP contribution in [0.1, 0.15) is 51.3 Å². The summed E-state index contributed by atoms with van der Waals surface area (Å²) < 4.78 is 1.95. The van der Waals surface area contributed by atoms with Crippen LogP contribution in [-0.2, 0) is 0 Å². The van der Waals surface area contributed by atoms with Crippen molar-refractivity contribution in [1.29, 1.82) is 0 Å². The molecule has 1 aliphatic rings. The molecule has 1 aromatic heterocycles. The van der Waals surface area contributed by atoms with E-state index >= 15 is 0 Å². The van der Waals surface area contributed by atoms with Gasteiger partial charge < -0.3 is 5.73 Å². The van der Waals surface area contributed by atoms with Gasteiger partial charge in [0.2, 0.25) is 0 Å². The van der Waals surface area contributed by atoms with Crippen molar-refractivity contribution in [2.24, 2.45) is 11.8 Å². The van der Waals surface area contributed by atoms with E-state index in [0.717, 1.165) is 17.5 Å². The Morgan fingerprint density at radius 3 is 2.65 bits per heavy atom. The lowest BCUT2D eigenvalue weighted by atomic mass is 9.79. The van der Waals surface area contributed by atoms with E-state index in [2.05, 4.69) is 18.9 Å². The van der Waals surface area contributed by atoms with E-state index in [4.69, 9.17) is 17.3 Å². The number of nitrogens with zero attached hydrogens (tertiary/aromatic N) is 2. The maximum absolute atomic E-state index is 6.11. The third kappa shape index (κ3) is 2.44. The summed E-state index contributed by atoms with van der Waals surface area (Å²) in [5.41, 5.74) is 6.87. The Kier molecular flexibility index (Phi) is 3.67. The lowest BCUT2D eigenvalue weighted by Gasteiger charge is -2.32. The monoisotopic (exact) mass is 255 g/mol. The first kappa shape index (κ1) is 12.7. The number of nitrogen functional groups attached to an aromatic ring is 1. The number of nitrogens with two attached hydrogens (primary N) is 1. The Balaban J connectivity index is 2.19. The fourth-order valence-corrected chi connectivity index (χ4v) is 2.98. The van der Waals surface area contributed by atoms with E-state index in [9.17, 15) is 0 Å². The number of rotatable bonds is 2. The van der Waals surface area contributed by atoms with Gasteiger partial charge in [0.25, 0.3) is 0 Å². The van der Waals surface area contributed by atoms with Gasteiger partial charge in [-0.2, -0.15) is 5.10 Å². The Morgan fingerprint density at radius 2 is 2.12 bits per heavy atom. The van der Waals surface area contributed by atoms with E-state index in [1.165, 1.54) is 25.7 Å². The maximum Gasteiger partial charge on any atom is 0.141 e. The molecule has 1 aliphatic carbocycles. The Hall–Kier alpha value is -0.700. The minimum absolute atomic E-state index is 0.433. The van der Waals surface area contributed by atoms with Crippen LogP contribution in [0, 0.1) is 18.8 Å². The molecule has 2 unspecified atom stereocenters. The summed E-state index contributed by atoms with van der Waals surface area (Å²) in [5.74, 6) is 2.17. The maximum atomic E-state index is 6.11. The smallest absolute Gasteiger partial charge is 0.141 e. The molecule has 0 bridgehead atoms. The molecule has 0 aromatic carbocycles. The van der Waals surface area contributed by atoms with Crippen LogP contribution in [0.3, 0.4) is 0 Å². The highest BCUT2D eigenvalue weighted by Crippen LogP contribution is 2.38. The van der Waals surface area contributed by atoms with E-state index in [1.807, 2.05) is 11.6 Å². The summed E-state index contributed by atoms with van der Waals surface area (Å²) in [4.78, 5) is 0. The van der Waals surface area contributed by atoms with E-state index in [-0.39, 0.29) is 0 Å². The van der Waals surface area contributed by atoms with E-state index in [0.29, 0.717) is 16.9 Å². The molecule has 1 saturated carbocycles. The number of aromatic nitrogens is 2. The SMILES string of the molecule is Cc1nn(C2CCCC(C(C)C)C2)c(N)c1Cl. The Bertz CT molecular complexity index is 398. The van der Waals surface area contributed by atoms with Crippen LogP contribution in [0.15, 0.2) is 0 Å². The molecule has 1 heterocycles. The number of aryl methyl sites for hydroxylation is 1. The van der Waals surface area contributed by atoms with Gasteiger partial charge in [0.15, 0.2) is 0 Å². The summed E-state index contributed by atoms with van der Waals surface area (Å²) in [6.07, 6.45) is 4.95. The zero-order valence-corrected chi connectivity index (χ0v) is 11.7. The second kappa shape index (κ2) is 4.89. The minimum atomic E-state index is 0.433. The zero-order valence-electron chi connectivity index (χ0n) is 10.9. The molecule has 1 aromatic rings. The Morgan fingerprint density at radius 1 is 1.41 bits per heavy atom. The predicted octanol–water partition coefficient (Wildman–Crippen LogP) is 3.81. The van der Waals surface area contributed by atoms with Gasteiger partial charge in [-0.05, 0) is 31.6 Å². The molecule has 0 spiro atoms. The highest BCUT2D eigenvalue weighted by atomic mass is 35.5. The molecule has 0 radical (unpaired) electrons. The largest absolute Gasteiger partial charge is 0.383 e. The van der Waals surface area contributed by atoms with Crippen molar-refractivity contribution in [3.8, 4) is 0 Å². The molecular formula is C13H22ClN3. The van der Waals surface area contributed by atoms with Gasteiger partial charge in [0.05, 0.1) is 11.7 Å². The summed E-state index contributed by atoms with van der Waals surface area (Å²) >= 11 is 6.11. The second-order valence-corrected chi connectivity index (χ2v) is 5.93. The van der Waals surface area contributed by atoms with Crippen LogP contribution in [0.5, 0.6) is 0 Å². The van der Waals surface area contributed by atoms with Crippen LogP contribution >= 0.6 is 11.6 Å². The molecule has 0 aliphatic heterocycles. The quantitative estimate of drug-likeness (QED) is 0.873. The normalized spacial score (nSPS) is 25.5. The third-order valence-corrected chi connectivity index (χ3v) is 4.49. The van der Waals surface area contributed by atoms with Crippen molar-refractivity contribution in [3.63, 3.8) is 0 Å². The number of hydrogen-bond acceptors (Lipinski definition) is 2. The number of hydrogen-bond donors (Lipinski definition) is 1.